The van der Waals surface area contributed by atoms with Gasteiger partial charge in [-0.05, 0) is 43.7 Å². The van der Waals surface area contributed by atoms with Crippen molar-refractivity contribution in [2.24, 2.45) is 0 Å². The van der Waals surface area contributed by atoms with Crippen LogP contribution in [0, 0.1) is 0 Å². The summed E-state index contributed by atoms with van der Waals surface area (Å²) in [6.45, 7) is 4.81. The summed E-state index contributed by atoms with van der Waals surface area (Å²) in [7, 11) is 0. The Labute approximate surface area is 173 Å². The quantitative estimate of drug-likeness (QED) is 0.659. The van der Waals surface area contributed by atoms with Gasteiger partial charge in [0, 0.05) is 12.6 Å². The molecule has 0 saturated carbocycles. The maximum absolute atomic E-state index is 12.5. The van der Waals surface area contributed by atoms with Gasteiger partial charge in [0.2, 0.25) is 11.8 Å². The molecule has 2 aromatic carbocycles. The molecule has 0 bridgehead atoms. The normalized spacial score (nSPS) is 12.6. The van der Waals surface area contributed by atoms with Crippen LogP contribution in [0.4, 0.5) is 5.69 Å². The first-order valence-corrected chi connectivity index (χ1v) is 9.37. The molecule has 0 aliphatic heterocycles. The molecule has 2 atom stereocenters. The summed E-state index contributed by atoms with van der Waals surface area (Å²) in [5.41, 5.74) is 1.66. The highest BCUT2D eigenvalue weighted by Gasteiger charge is 2.21. The Morgan fingerprint density at radius 1 is 0.964 bits per heavy atom. The Morgan fingerprint density at radius 3 is 2.32 bits per heavy atom. The first kappa shape index (κ1) is 21.7. The van der Waals surface area contributed by atoms with Crippen molar-refractivity contribution in [3.05, 3.63) is 63.6 Å². The highest BCUT2D eigenvalue weighted by atomic mass is 35.5. The minimum atomic E-state index is -0.788. The minimum absolute atomic E-state index is 0.137. The third-order valence-corrected chi connectivity index (χ3v) is 4.82. The van der Waals surface area contributed by atoms with Gasteiger partial charge in [-0.25, -0.2) is 0 Å². The fourth-order valence-electron chi connectivity index (χ4n) is 2.53. The zero-order chi connectivity index (χ0) is 20.8. The van der Waals surface area contributed by atoms with Gasteiger partial charge < -0.3 is 16.0 Å². The lowest BCUT2D eigenvalue weighted by Gasteiger charge is -2.19. The number of amides is 3. The Bertz CT molecular complexity index is 902. The van der Waals surface area contributed by atoms with Gasteiger partial charge in [0.25, 0.3) is 5.91 Å². The van der Waals surface area contributed by atoms with E-state index >= 15 is 0 Å². The topological polar surface area (TPSA) is 87.3 Å². The third kappa shape index (κ3) is 5.71. The monoisotopic (exact) mass is 421 g/mol. The molecule has 3 N–H and O–H groups in total. The molecule has 6 nitrogen and oxygen atoms in total. The van der Waals surface area contributed by atoms with Gasteiger partial charge in [0.1, 0.15) is 6.04 Å². The Morgan fingerprint density at radius 2 is 1.64 bits per heavy atom. The van der Waals surface area contributed by atoms with Gasteiger partial charge in [-0.2, -0.15) is 0 Å². The molecule has 0 aliphatic rings. The molecule has 2 rings (SSSR count). The first-order valence-electron chi connectivity index (χ1n) is 8.62. The fraction of sp³-hybridized carbons (Fsp3) is 0.250. The molecule has 2 aromatic rings. The molecule has 0 aliphatic carbocycles. The second-order valence-corrected chi connectivity index (χ2v) is 7.12. The number of carbonyl (C=O) groups is 3. The second kappa shape index (κ2) is 9.57. The highest BCUT2D eigenvalue weighted by molar-refractivity contribution is 6.43. The molecule has 8 heteroatoms. The van der Waals surface area contributed by atoms with E-state index < -0.39 is 11.9 Å². The Balaban J connectivity index is 2.00. The van der Waals surface area contributed by atoms with Gasteiger partial charge >= 0.3 is 0 Å². The number of anilines is 1. The molecule has 0 aromatic heterocycles. The van der Waals surface area contributed by atoms with E-state index in [0.717, 1.165) is 5.56 Å². The van der Waals surface area contributed by atoms with Crippen LogP contribution in [0.3, 0.4) is 0 Å². The maximum atomic E-state index is 12.5. The number of hydrogen-bond donors (Lipinski definition) is 3. The van der Waals surface area contributed by atoms with Crippen molar-refractivity contribution < 1.29 is 14.4 Å². The molecular weight excluding hydrogens is 401 g/mol. The van der Waals surface area contributed by atoms with E-state index in [0.29, 0.717) is 5.69 Å². The van der Waals surface area contributed by atoms with E-state index in [1.54, 1.807) is 37.3 Å². The van der Waals surface area contributed by atoms with Crippen LogP contribution in [0.25, 0.3) is 0 Å². The van der Waals surface area contributed by atoms with Gasteiger partial charge in [-0.3, -0.25) is 14.4 Å². The summed E-state index contributed by atoms with van der Waals surface area (Å²) < 4.78 is 0. The van der Waals surface area contributed by atoms with Crippen molar-refractivity contribution >= 4 is 46.6 Å². The van der Waals surface area contributed by atoms with Crippen LogP contribution in [-0.4, -0.2) is 23.8 Å². The smallest absolute Gasteiger partial charge is 0.253 e. The molecule has 3 amide bonds. The first-order chi connectivity index (χ1) is 13.2. The van der Waals surface area contributed by atoms with Gasteiger partial charge in [-0.1, -0.05) is 41.4 Å². The fourth-order valence-corrected chi connectivity index (χ4v) is 2.92. The molecule has 2 unspecified atom stereocenters. The van der Waals surface area contributed by atoms with Crippen molar-refractivity contribution in [1.29, 1.82) is 0 Å². The standard InChI is InChI=1S/C20H21Cl2N3O3/c1-11(14-6-4-7-15(10-14)25-13(3)26)23-19(27)12(2)24-20(28)16-8-5-9-17(21)18(16)22/h4-12H,1-3H3,(H,23,27)(H,24,28)(H,25,26). The molecule has 148 valence electrons. The van der Waals surface area contributed by atoms with E-state index in [1.165, 1.54) is 13.0 Å². The van der Waals surface area contributed by atoms with E-state index in [2.05, 4.69) is 16.0 Å². The molecule has 0 saturated heterocycles. The van der Waals surface area contributed by atoms with Crippen LogP contribution < -0.4 is 16.0 Å². The van der Waals surface area contributed by atoms with Crippen LogP contribution in [0.15, 0.2) is 42.5 Å². The number of nitrogens with one attached hydrogen (secondary N) is 3. The summed E-state index contributed by atoms with van der Waals surface area (Å²) in [5, 5.41) is 8.54. The maximum Gasteiger partial charge on any atom is 0.253 e. The Hall–Kier alpha value is -2.57. The van der Waals surface area contributed by atoms with Crippen LogP contribution >= 0.6 is 23.2 Å². The summed E-state index contributed by atoms with van der Waals surface area (Å²) >= 11 is 12.0. The van der Waals surface area contributed by atoms with Gasteiger partial charge in [0.15, 0.2) is 0 Å². The van der Waals surface area contributed by atoms with Crippen molar-refractivity contribution in [3.63, 3.8) is 0 Å². The average molecular weight is 422 g/mol. The number of hydrogen-bond acceptors (Lipinski definition) is 3. The largest absolute Gasteiger partial charge is 0.348 e. The van der Waals surface area contributed by atoms with E-state index in [4.69, 9.17) is 23.2 Å². The van der Waals surface area contributed by atoms with E-state index in [-0.39, 0.29) is 33.5 Å². The van der Waals surface area contributed by atoms with E-state index in [9.17, 15) is 14.4 Å². The zero-order valence-electron chi connectivity index (χ0n) is 15.7. The van der Waals surface area contributed by atoms with Crippen LogP contribution in [0.2, 0.25) is 10.0 Å². The highest BCUT2D eigenvalue weighted by Crippen LogP contribution is 2.25. The number of halogens is 2. The van der Waals surface area contributed by atoms with E-state index in [1.807, 2.05) is 13.0 Å². The van der Waals surface area contributed by atoms with Gasteiger partial charge in [-0.15, -0.1) is 0 Å². The number of carbonyl (C=O) groups excluding carboxylic acids is 3. The van der Waals surface area contributed by atoms with Crippen molar-refractivity contribution in [2.75, 3.05) is 5.32 Å². The minimum Gasteiger partial charge on any atom is -0.348 e. The average Bonchev–Trinajstić information content (AvgIpc) is 2.63. The SMILES string of the molecule is CC(=O)Nc1cccc(C(C)NC(=O)C(C)NC(=O)c2cccc(Cl)c2Cl)c1. The molecule has 0 fully saturated rings. The lowest BCUT2D eigenvalue weighted by molar-refractivity contribution is -0.123. The van der Waals surface area contributed by atoms with Crippen molar-refractivity contribution in [2.45, 2.75) is 32.9 Å². The number of benzene rings is 2. The molecule has 0 spiro atoms. The van der Waals surface area contributed by atoms with Crippen LogP contribution in [0.5, 0.6) is 0 Å². The predicted octanol–water partition coefficient (Wildman–Crippen LogP) is 3.95. The molecule has 0 heterocycles. The zero-order valence-corrected chi connectivity index (χ0v) is 17.2. The summed E-state index contributed by atoms with van der Waals surface area (Å²) in [6.07, 6.45) is 0. The lowest BCUT2D eigenvalue weighted by atomic mass is 10.1. The Kier molecular flexibility index (Phi) is 7.43. The summed E-state index contributed by atoms with van der Waals surface area (Å²) in [6, 6.07) is 10.8. The van der Waals surface area contributed by atoms with Crippen molar-refractivity contribution in [1.82, 2.24) is 10.6 Å². The second-order valence-electron chi connectivity index (χ2n) is 6.33. The predicted molar refractivity (Wildman–Crippen MR) is 111 cm³/mol. The molecule has 0 radical (unpaired) electrons. The van der Waals surface area contributed by atoms with Crippen LogP contribution in [-0.2, 0) is 9.59 Å². The molecular formula is C20H21Cl2N3O3. The lowest BCUT2D eigenvalue weighted by Crippen LogP contribution is -2.45. The number of rotatable bonds is 6. The van der Waals surface area contributed by atoms with Gasteiger partial charge in [0.05, 0.1) is 21.7 Å². The molecule has 28 heavy (non-hydrogen) atoms. The third-order valence-electron chi connectivity index (χ3n) is 4.00. The summed E-state index contributed by atoms with van der Waals surface area (Å²) in [5.74, 6) is -1.02. The van der Waals surface area contributed by atoms with Crippen LogP contribution in [0.1, 0.15) is 42.7 Å². The van der Waals surface area contributed by atoms with Crippen molar-refractivity contribution in [3.8, 4) is 0 Å². The summed E-state index contributed by atoms with van der Waals surface area (Å²) in [4.78, 5) is 36.0.